The largest absolute Gasteiger partial charge is 0.469 e. The molecule has 2 atom stereocenters. The monoisotopic (exact) mass is 324 g/mol. The Morgan fingerprint density at radius 3 is 2.00 bits per heavy atom. The van der Waals surface area contributed by atoms with Gasteiger partial charge in [0.25, 0.3) is 0 Å². The van der Waals surface area contributed by atoms with Crippen molar-refractivity contribution >= 4 is 11.9 Å². The third-order valence-electron chi connectivity index (χ3n) is 3.85. The van der Waals surface area contributed by atoms with Gasteiger partial charge in [0.1, 0.15) is 0 Å². The molecule has 0 saturated heterocycles. The van der Waals surface area contributed by atoms with Crippen LogP contribution in [0.3, 0.4) is 0 Å². The summed E-state index contributed by atoms with van der Waals surface area (Å²) in [5.41, 5.74) is -0.676. The third-order valence-corrected chi connectivity index (χ3v) is 3.85. The summed E-state index contributed by atoms with van der Waals surface area (Å²) < 4.78 is 9.47. The standard InChI is InChI=1S/C17H24O6/c1-11(2)14(15(19)22-3)17(21,16(20)23-4)9-12-5-7-13(10-18)8-6-12/h5-8,11,14,18,21H,9-10H2,1-4H3. The second-order valence-electron chi connectivity index (χ2n) is 5.81. The van der Waals surface area contributed by atoms with E-state index in [9.17, 15) is 14.7 Å². The lowest BCUT2D eigenvalue weighted by Gasteiger charge is -2.34. The van der Waals surface area contributed by atoms with E-state index in [1.807, 2.05) is 0 Å². The average molecular weight is 324 g/mol. The summed E-state index contributed by atoms with van der Waals surface area (Å²) in [5.74, 6) is -2.94. The van der Waals surface area contributed by atoms with E-state index in [0.717, 1.165) is 7.11 Å². The number of aliphatic hydroxyl groups is 2. The highest BCUT2D eigenvalue weighted by molar-refractivity contribution is 5.88. The van der Waals surface area contributed by atoms with Crippen molar-refractivity contribution in [2.24, 2.45) is 11.8 Å². The fraction of sp³-hybridized carbons (Fsp3) is 0.529. The lowest BCUT2D eigenvalue weighted by molar-refractivity contribution is -0.181. The zero-order valence-electron chi connectivity index (χ0n) is 13.9. The maximum absolute atomic E-state index is 12.2. The van der Waals surface area contributed by atoms with Crippen molar-refractivity contribution in [3.05, 3.63) is 35.4 Å². The van der Waals surface area contributed by atoms with Crippen LogP contribution in [0.25, 0.3) is 0 Å². The van der Waals surface area contributed by atoms with E-state index in [2.05, 4.69) is 0 Å². The normalized spacial score (nSPS) is 14.9. The summed E-state index contributed by atoms with van der Waals surface area (Å²) in [4.78, 5) is 24.3. The number of hydrogen-bond acceptors (Lipinski definition) is 6. The highest BCUT2D eigenvalue weighted by Crippen LogP contribution is 2.31. The topological polar surface area (TPSA) is 93.1 Å². The molecule has 1 rings (SSSR count). The molecule has 0 radical (unpaired) electrons. The molecule has 2 unspecified atom stereocenters. The second-order valence-corrected chi connectivity index (χ2v) is 5.81. The molecule has 0 heterocycles. The minimum absolute atomic E-state index is 0.0939. The first-order valence-electron chi connectivity index (χ1n) is 7.37. The number of rotatable bonds is 7. The molecule has 0 aromatic heterocycles. The molecule has 1 aromatic carbocycles. The van der Waals surface area contributed by atoms with Gasteiger partial charge < -0.3 is 19.7 Å². The maximum Gasteiger partial charge on any atom is 0.339 e. The smallest absolute Gasteiger partial charge is 0.339 e. The van der Waals surface area contributed by atoms with Crippen molar-refractivity contribution in [3.8, 4) is 0 Å². The number of esters is 2. The molecule has 6 nitrogen and oxygen atoms in total. The van der Waals surface area contributed by atoms with Crippen LogP contribution in [0.2, 0.25) is 0 Å². The molecule has 0 aliphatic carbocycles. The van der Waals surface area contributed by atoms with Gasteiger partial charge >= 0.3 is 11.9 Å². The minimum atomic E-state index is -2.03. The molecule has 0 saturated carbocycles. The number of benzene rings is 1. The van der Waals surface area contributed by atoms with Crippen LogP contribution in [0.4, 0.5) is 0 Å². The van der Waals surface area contributed by atoms with Gasteiger partial charge in [-0.15, -0.1) is 0 Å². The number of carbonyl (C=O) groups excluding carboxylic acids is 2. The minimum Gasteiger partial charge on any atom is -0.469 e. The van der Waals surface area contributed by atoms with E-state index in [-0.39, 0.29) is 18.9 Å². The van der Waals surface area contributed by atoms with Crippen LogP contribution in [0, 0.1) is 11.8 Å². The first kappa shape index (κ1) is 19.1. The van der Waals surface area contributed by atoms with Gasteiger partial charge in [-0.2, -0.15) is 0 Å². The average Bonchev–Trinajstić information content (AvgIpc) is 2.54. The first-order chi connectivity index (χ1) is 10.8. The predicted octanol–water partition coefficient (Wildman–Crippen LogP) is 1.07. The third kappa shape index (κ3) is 4.30. The molecule has 0 bridgehead atoms. The number of ether oxygens (including phenoxy) is 2. The van der Waals surface area contributed by atoms with E-state index in [1.54, 1.807) is 38.1 Å². The molecule has 0 spiro atoms. The van der Waals surface area contributed by atoms with Crippen molar-refractivity contribution in [1.29, 1.82) is 0 Å². The zero-order chi connectivity index (χ0) is 17.6. The summed E-state index contributed by atoms with van der Waals surface area (Å²) >= 11 is 0. The lowest BCUT2D eigenvalue weighted by atomic mass is 9.76. The van der Waals surface area contributed by atoms with Crippen molar-refractivity contribution < 1.29 is 29.3 Å². The first-order valence-corrected chi connectivity index (χ1v) is 7.37. The van der Waals surface area contributed by atoms with E-state index >= 15 is 0 Å². The van der Waals surface area contributed by atoms with Gasteiger partial charge in [0.15, 0.2) is 5.60 Å². The van der Waals surface area contributed by atoms with Gasteiger partial charge in [0, 0.05) is 6.42 Å². The van der Waals surface area contributed by atoms with Crippen LogP contribution in [-0.4, -0.2) is 42.0 Å². The van der Waals surface area contributed by atoms with Crippen LogP contribution in [0.5, 0.6) is 0 Å². The van der Waals surface area contributed by atoms with E-state index in [1.165, 1.54) is 7.11 Å². The Kier molecular flexibility index (Phi) is 6.72. The SMILES string of the molecule is COC(=O)C(C(C)C)C(O)(Cc1ccc(CO)cc1)C(=O)OC. The van der Waals surface area contributed by atoms with Gasteiger partial charge in [-0.05, 0) is 17.0 Å². The summed E-state index contributed by atoms with van der Waals surface area (Å²) in [6.45, 7) is 3.35. The van der Waals surface area contributed by atoms with Crippen molar-refractivity contribution in [2.75, 3.05) is 14.2 Å². The second kappa shape index (κ2) is 8.08. The summed E-state index contributed by atoms with van der Waals surface area (Å²) in [6.07, 6.45) is -0.0939. The molecule has 0 amide bonds. The van der Waals surface area contributed by atoms with Gasteiger partial charge in [0.05, 0.1) is 26.7 Å². The Labute approximate surface area is 136 Å². The number of methoxy groups -OCH3 is 2. The van der Waals surface area contributed by atoms with Crippen LogP contribution < -0.4 is 0 Å². The molecular weight excluding hydrogens is 300 g/mol. The van der Waals surface area contributed by atoms with Crippen molar-refractivity contribution in [3.63, 3.8) is 0 Å². The Balaban J connectivity index is 3.23. The molecule has 2 N–H and O–H groups in total. The molecule has 0 fully saturated rings. The fourth-order valence-corrected chi connectivity index (χ4v) is 2.71. The highest BCUT2D eigenvalue weighted by atomic mass is 16.5. The molecule has 128 valence electrons. The van der Waals surface area contributed by atoms with Gasteiger partial charge in [-0.1, -0.05) is 38.1 Å². The molecule has 6 heteroatoms. The van der Waals surface area contributed by atoms with Crippen LogP contribution >= 0.6 is 0 Å². The lowest BCUT2D eigenvalue weighted by Crippen LogP contribution is -2.54. The molecule has 23 heavy (non-hydrogen) atoms. The van der Waals surface area contributed by atoms with Crippen LogP contribution in [0.15, 0.2) is 24.3 Å². The number of carbonyl (C=O) groups is 2. The molecule has 1 aromatic rings. The van der Waals surface area contributed by atoms with Gasteiger partial charge in [0.2, 0.25) is 0 Å². The Morgan fingerprint density at radius 1 is 1.09 bits per heavy atom. The maximum atomic E-state index is 12.2. The van der Waals surface area contributed by atoms with Gasteiger partial charge in [-0.3, -0.25) is 4.79 Å². The summed E-state index contributed by atoms with van der Waals surface area (Å²) in [6, 6.07) is 6.76. The van der Waals surface area contributed by atoms with Crippen molar-refractivity contribution in [1.82, 2.24) is 0 Å². The quantitative estimate of drug-likeness (QED) is 0.729. The van der Waals surface area contributed by atoms with Gasteiger partial charge in [-0.25, -0.2) is 4.79 Å². The molecule has 0 aliphatic rings. The predicted molar refractivity (Wildman–Crippen MR) is 83.4 cm³/mol. The number of hydrogen-bond donors (Lipinski definition) is 2. The Morgan fingerprint density at radius 2 is 1.61 bits per heavy atom. The fourth-order valence-electron chi connectivity index (χ4n) is 2.71. The van der Waals surface area contributed by atoms with E-state index in [4.69, 9.17) is 14.6 Å². The van der Waals surface area contributed by atoms with E-state index < -0.39 is 23.5 Å². The summed E-state index contributed by atoms with van der Waals surface area (Å²) in [7, 11) is 2.38. The highest BCUT2D eigenvalue weighted by Gasteiger charge is 2.51. The summed E-state index contributed by atoms with van der Waals surface area (Å²) in [5, 5.41) is 20.0. The van der Waals surface area contributed by atoms with Crippen LogP contribution in [-0.2, 0) is 32.1 Å². The Hall–Kier alpha value is -1.92. The Bertz CT molecular complexity index is 537. The van der Waals surface area contributed by atoms with Crippen LogP contribution in [0.1, 0.15) is 25.0 Å². The zero-order valence-corrected chi connectivity index (χ0v) is 13.9. The van der Waals surface area contributed by atoms with E-state index in [0.29, 0.717) is 11.1 Å². The molecule has 0 aliphatic heterocycles. The van der Waals surface area contributed by atoms with Crippen molar-refractivity contribution in [2.45, 2.75) is 32.5 Å². The molecular formula is C17H24O6. The number of aliphatic hydroxyl groups excluding tert-OH is 1.